The van der Waals surface area contributed by atoms with Crippen molar-refractivity contribution in [1.82, 2.24) is 10.9 Å². The largest absolute Gasteiger partial charge is 0.256 e. The maximum atomic E-state index is 4.52. The summed E-state index contributed by atoms with van der Waals surface area (Å²) in [6, 6.07) is 0. The molecule has 0 saturated carbocycles. The van der Waals surface area contributed by atoms with Crippen molar-refractivity contribution in [2.75, 3.05) is 6.54 Å². The van der Waals surface area contributed by atoms with Gasteiger partial charge in [-0.3, -0.25) is 5.43 Å². The maximum absolute atomic E-state index is 4.52. The average molecular weight is 256 g/mol. The van der Waals surface area contributed by atoms with E-state index in [1.54, 1.807) is 0 Å². The molecule has 0 aliphatic rings. The molecule has 18 heavy (non-hydrogen) atoms. The fraction of sp³-hybridized carbons (Fsp3) is 1.00. The number of azo groups is 1. The summed E-state index contributed by atoms with van der Waals surface area (Å²) in [5.41, 5.74) is 6.14. The maximum Gasteiger partial charge on any atom is 0.141 e. The molecular weight excluding hydrogens is 224 g/mol. The minimum absolute atomic E-state index is 0.122. The summed E-state index contributed by atoms with van der Waals surface area (Å²) in [5, 5.41) is 8.92. The summed E-state index contributed by atoms with van der Waals surface area (Å²) < 4.78 is 0. The molecule has 0 aliphatic carbocycles. The zero-order valence-electron chi connectivity index (χ0n) is 13.3. The zero-order chi connectivity index (χ0) is 14.2. The van der Waals surface area contributed by atoms with E-state index < -0.39 is 0 Å². The van der Waals surface area contributed by atoms with Gasteiger partial charge in [0.15, 0.2) is 0 Å². The lowest BCUT2D eigenvalue weighted by Gasteiger charge is -2.28. The van der Waals surface area contributed by atoms with Gasteiger partial charge in [0.05, 0.1) is 5.54 Å². The predicted octanol–water partition coefficient (Wildman–Crippen LogP) is 3.89. The van der Waals surface area contributed by atoms with Crippen LogP contribution in [0.15, 0.2) is 10.2 Å². The van der Waals surface area contributed by atoms with Gasteiger partial charge in [0.1, 0.15) is 5.66 Å². The number of rotatable bonds is 8. The fourth-order valence-corrected chi connectivity index (χ4v) is 1.69. The highest BCUT2D eigenvalue weighted by Crippen LogP contribution is 2.20. The highest BCUT2D eigenvalue weighted by Gasteiger charge is 2.25. The van der Waals surface area contributed by atoms with Gasteiger partial charge in [-0.1, -0.05) is 27.2 Å². The molecule has 0 bridgehead atoms. The van der Waals surface area contributed by atoms with Gasteiger partial charge in [0.25, 0.3) is 0 Å². The van der Waals surface area contributed by atoms with Crippen molar-refractivity contribution >= 4 is 0 Å². The van der Waals surface area contributed by atoms with E-state index in [1.807, 2.05) is 0 Å². The van der Waals surface area contributed by atoms with Gasteiger partial charge in [-0.25, -0.2) is 5.43 Å². The molecule has 4 heteroatoms. The molecule has 1 atom stereocenters. The summed E-state index contributed by atoms with van der Waals surface area (Å²) in [5.74, 6) is 0.578. The summed E-state index contributed by atoms with van der Waals surface area (Å²) in [4.78, 5) is 0. The Balaban J connectivity index is 4.47. The molecule has 2 N–H and O–H groups in total. The zero-order valence-corrected chi connectivity index (χ0v) is 13.3. The number of unbranched alkanes of at least 4 members (excludes halogenated alkanes) is 1. The Morgan fingerprint density at radius 1 is 1.06 bits per heavy atom. The van der Waals surface area contributed by atoms with Crippen LogP contribution in [0.2, 0.25) is 0 Å². The van der Waals surface area contributed by atoms with Crippen LogP contribution < -0.4 is 10.9 Å². The van der Waals surface area contributed by atoms with Gasteiger partial charge in [0.2, 0.25) is 0 Å². The number of hydrogen-bond donors (Lipinski definition) is 2. The molecule has 0 amide bonds. The quantitative estimate of drug-likeness (QED) is 0.393. The van der Waals surface area contributed by atoms with Gasteiger partial charge in [0, 0.05) is 6.54 Å². The molecule has 0 fully saturated rings. The monoisotopic (exact) mass is 256 g/mol. The van der Waals surface area contributed by atoms with E-state index >= 15 is 0 Å². The third kappa shape index (κ3) is 9.54. The number of hydrogen-bond acceptors (Lipinski definition) is 4. The molecule has 0 radical (unpaired) electrons. The third-order valence-corrected chi connectivity index (χ3v) is 2.39. The first kappa shape index (κ1) is 17.5. The molecule has 0 rings (SSSR count). The van der Waals surface area contributed by atoms with E-state index in [2.05, 4.69) is 69.5 Å². The fourth-order valence-electron chi connectivity index (χ4n) is 1.69. The molecule has 0 aromatic carbocycles. The van der Waals surface area contributed by atoms with Crippen molar-refractivity contribution in [3.05, 3.63) is 0 Å². The van der Waals surface area contributed by atoms with Crippen LogP contribution in [-0.2, 0) is 0 Å². The number of hydrazine groups is 1. The molecule has 4 nitrogen and oxygen atoms in total. The lowest BCUT2D eigenvalue weighted by atomic mass is 10.0. The minimum atomic E-state index is -0.324. The van der Waals surface area contributed by atoms with Crippen LogP contribution >= 0.6 is 0 Å². The van der Waals surface area contributed by atoms with E-state index in [9.17, 15) is 0 Å². The molecule has 0 aromatic rings. The van der Waals surface area contributed by atoms with Gasteiger partial charge >= 0.3 is 0 Å². The van der Waals surface area contributed by atoms with Crippen LogP contribution in [0.4, 0.5) is 0 Å². The van der Waals surface area contributed by atoms with E-state index in [1.165, 1.54) is 12.8 Å². The van der Waals surface area contributed by atoms with Crippen LogP contribution in [0.1, 0.15) is 67.7 Å². The summed E-state index contributed by atoms with van der Waals surface area (Å²) >= 11 is 0. The van der Waals surface area contributed by atoms with Crippen LogP contribution in [-0.4, -0.2) is 17.7 Å². The Bertz CT molecular complexity index is 243. The number of nitrogens with one attached hydrogen (secondary N) is 2. The second-order valence-electron chi connectivity index (χ2n) is 6.65. The normalized spacial score (nSPS) is 16.4. The molecule has 0 aromatic heterocycles. The Morgan fingerprint density at radius 3 is 2.11 bits per heavy atom. The summed E-state index contributed by atoms with van der Waals surface area (Å²) in [6.07, 6.45) is 3.33. The van der Waals surface area contributed by atoms with E-state index in [0.717, 1.165) is 13.0 Å². The SMILES string of the molecule is CCCCNNC(C)(CC(C)C)/N=N/C(C)(C)C. The lowest BCUT2D eigenvalue weighted by molar-refractivity contribution is 0.245. The van der Waals surface area contributed by atoms with Crippen molar-refractivity contribution in [3.8, 4) is 0 Å². The van der Waals surface area contributed by atoms with Gasteiger partial charge in [-0.05, 0) is 46.5 Å². The van der Waals surface area contributed by atoms with Crippen molar-refractivity contribution in [1.29, 1.82) is 0 Å². The van der Waals surface area contributed by atoms with Crippen LogP contribution in [0, 0.1) is 5.92 Å². The molecular formula is C14H32N4. The van der Waals surface area contributed by atoms with Crippen molar-refractivity contribution in [3.63, 3.8) is 0 Å². The lowest BCUT2D eigenvalue weighted by Crippen LogP contribution is -2.50. The second kappa shape index (κ2) is 7.85. The first-order chi connectivity index (χ1) is 8.18. The number of nitrogens with zero attached hydrogens (tertiary/aromatic N) is 2. The highest BCUT2D eigenvalue weighted by atomic mass is 15.5. The Morgan fingerprint density at radius 2 is 1.67 bits per heavy atom. The van der Waals surface area contributed by atoms with Gasteiger partial charge in [-0.15, -0.1) is 0 Å². The van der Waals surface area contributed by atoms with Crippen molar-refractivity contribution in [2.45, 2.75) is 78.9 Å². The van der Waals surface area contributed by atoms with E-state index in [-0.39, 0.29) is 11.2 Å². The van der Waals surface area contributed by atoms with Gasteiger partial charge < -0.3 is 0 Å². The van der Waals surface area contributed by atoms with Crippen LogP contribution in [0.25, 0.3) is 0 Å². The standard InChI is InChI=1S/C14H32N4/c1-8-9-10-15-17-14(7,11-12(2)3)18-16-13(4,5)6/h12,15,17H,8-11H2,1-7H3/b18-16+. The molecule has 108 valence electrons. The van der Waals surface area contributed by atoms with E-state index in [0.29, 0.717) is 5.92 Å². The topological polar surface area (TPSA) is 48.8 Å². The van der Waals surface area contributed by atoms with E-state index in [4.69, 9.17) is 0 Å². The first-order valence-electron chi connectivity index (χ1n) is 7.12. The third-order valence-electron chi connectivity index (χ3n) is 2.39. The van der Waals surface area contributed by atoms with Gasteiger partial charge in [-0.2, -0.15) is 10.2 Å². The Kier molecular flexibility index (Phi) is 7.64. The Labute approximate surface area is 113 Å². The van der Waals surface area contributed by atoms with Crippen LogP contribution in [0.3, 0.4) is 0 Å². The average Bonchev–Trinajstić information content (AvgIpc) is 2.20. The molecule has 0 spiro atoms. The summed E-state index contributed by atoms with van der Waals surface area (Å²) in [6.45, 7) is 15.9. The highest BCUT2D eigenvalue weighted by molar-refractivity contribution is 4.80. The van der Waals surface area contributed by atoms with Crippen molar-refractivity contribution < 1.29 is 0 Å². The van der Waals surface area contributed by atoms with Crippen molar-refractivity contribution in [2.24, 2.45) is 16.1 Å². The molecule has 0 heterocycles. The first-order valence-corrected chi connectivity index (χ1v) is 7.12. The smallest absolute Gasteiger partial charge is 0.141 e. The second-order valence-corrected chi connectivity index (χ2v) is 6.65. The molecule has 0 aliphatic heterocycles. The predicted molar refractivity (Wildman–Crippen MR) is 78.5 cm³/mol. The molecule has 0 saturated heterocycles. The molecule has 1 unspecified atom stereocenters. The minimum Gasteiger partial charge on any atom is -0.256 e. The Hall–Kier alpha value is -0.480. The van der Waals surface area contributed by atoms with Crippen LogP contribution in [0.5, 0.6) is 0 Å². The summed E-state index contributed by atoms with van der Waals surface area (Å²) in [7, 11) is 0.